The standard InChI is InChI=1S/C17H24N6O/c1-12-14(11-22(3)21-12)17(24)23-8-4-5-13(10-23)9-15-16(18-2)20-7-6-19-15/h6-7,11,13H,4-5,8-10H2,1-3H3,(H,18,20)/t13-/m1/s1. The second-order valence-electron chi connectivity index (χ2n) is 6.37. The molecule has 1 N–H and O–H groups in total. The predicted molar refractivity (Wildman–Crippen MR) is 91.9 cm³/mol. The van der Waals surface area contributed by atoms with Gasteiger partial charge in [0.15, 0.2) is 0 Å². The van der Waals surface area contributed by atoms with E-state index >= 15 is 0 Å². The first-order chi connectivity index (χ1) is 11.6. The summed E-state index contributed by atoms with van der Waals surface area (Å²) in [5.74, 6) is 1.31. The lowest BCUT2D eigenvalue weighted by Gasteiger charge is -2.32. The van der Waals surface area contributed by atoms with Crippen LogP contribution in [0.5, 0.6) is 0 Å². The summed E-state index contributed by atoms with van der Waals surface area (Å²) in [5.41, 5.74) is 2.46. The minimum absolute atomic E-state index is 0.0817. The van der Waals surface area contributed by atoms with E-state index in [9.17, 15) is 4.79 Å². The van der Waals surface area contributed by atoms with E-state index in [4.69, 9.17) is 0 Å². The molecule has 1 aliphatic rings. The number of hydrogen-bond acceptors (Lipinski definition) is 5. The van der Waals surface area contributed by atoms with Crippen LogP contribution in [0.4, 0.5) is 5.82 Å². The highest BCUT2D eigenvalue weighted by Crippen LogP contribution is 2.24. The van der Waals surface area contributed by atoms with Crippen molar-refractivity contribution in [1.82, 2.24) is 24.6 Å². The van der Waals surface area contributed by atoms with Crippen molar-refractivity contribution in [2.45, 2.75) is 26.2 Å². The molecule has 1 fully saturated rings. The maximum absolute atomic E-state index is 12.8. The van der Waals surface area contributed by atoms with E-state index in [2.05, 4.69) is 20.4 Å². The van der Waals surface area contributed by atoms with Crippen LogP contribution >= 0.6 is 0 Å². The maximum atomic E-state index is 12.8. The Morgan fingerprint density at radius 3 is 2.88 bits per heavy atom. The molecular formula is C17H24N6O. The molecule has 128 valence electrons. The number of rotatable bonds is 4. The molecule has 3 rings (SSSR count). The molecule has 3 heterocycles. The third kappa shape index (κ3) is 3.39. The molecule has 0 spiro atoms. The molecule has 0 bridgehead atoms. The first-order valence-electron chi connectivity index (χ1n) is 8.35. The second kappa shape index (κ2) is 6.98. The van der Waals surface area contributed by atoms with Crippen molar-refractivity contribution in [1.29, 1.82) is 0 Å². The predicted octanol–water partition coefficient (Wildman–Crippen LogP) is 1.66. The van der Waals surface area contributed by atoms with Crippen molar-refractivity contribution in [3.8, 4) is 0 Å². The Morgan fingerprint density at radius 2 is 2.17 bits per heavy atom. The molecular weight excluding hydrogens is 304 g/mol. The minimum Gasteiger partial charge on any atom is -0.372 e. The van der Waals surface area contributed by atoms with Gasteiger partial charge in [-0.25, -0.2) is 4.98 Å². The number of hydrogen-bond donors (Lipinski definition) is 1. The average Bonchev–Trinajstić information content (AvgIpc) is 2.93. The van der Waals surface area contributed by atoms with Gasteiger partial charge < -0.3 is 10.2 Å². The van der Waals surface area contributed by atoms with Crippen LogP contribution in [0, 0.1) is 12.8 Å². The lowest BCUT2D eigenvalue weighted by Crippen LogP contribution is -2.40. The molecule has 0 radical (unpaired) electrons. The maximum Gasteiger partial charge on any atom is 0.257 e. The Balaban J connectivity index is 1.70. The molecule has 7 nitrogen and oxygen atoms in total. The quantitative estimate of drug-likeness (QED) is 0.924. The van der Waals surface area contributed by atoms with E-state index in [0.29, 0.717) is 11.5 Å². The molecule has 2 aromatic heterocycles. The van der Waals surface area contributed by atoms with Gasteiger partial charge in [0, 0.05) is 45.8 Å². The first kappa shape index (κ1) is 16.4. The summed E-state index contributed by atoms with van der Waals surface area (Å²) < 4.78 is 1.70. The van der Waals surface area contributed by atoms with Gasteiger partial charge in [-0.15, -0.1) is 0 Å². The Kier molecular flexibility index (Phi) is 4.78. The number of piperidine rings is 1. The number of likely N-dealkylation sites (tertiary alicyclic amines) is 1. The largest absolute Gasteiger partial charge is 0.372 e. The fourth-order valence-electron chi connectivity index (χ4n) is 3.39. The Morgan fingerprint density at radius 1 is 1.38 bits per heavy atom. The van der Waals surface area contributed by atoms with Crippen molar-refractivity contribution >= 4 is 11.7 Å². The van der Waals surface area contributed by atoms with Crippen molar-refractivity contribution in [2.75, 3.05) is 25.5 Å². The molecule has 1 amide bonds. The van der Waals surface area contributed by atoms with Gasteiger partial charge in [-0.2, -0.15) is 5.10 Å². The van der Waals surface area contributed by atoms with Crippen molar-refractivity contribution in [3.63, 3.8) is 0 Å². The van der Waals surface area contributed by atoms with E-state index in [1.807, 2.05) is 32.1 Å². The van der Waals surface area contributed by atoms with Crippen LogP contribution in [0.3, 0.4) is 0 Å². The van der Waals surface area contributed by atoms with Gasteiger partial charge in [0.1, 0.15) is 5.82 Å². The number of carbonyl (C=O) groups excluding carboxylic acids is 1. The molecule has 0 aliphatic carbocycles. The number of nitrogens with one attached hydrogen (secondary N) is 1. The number of aryl methyl sites for hydroxylation is 2. The number of aromatic nitrogens is 4. The third-order valence-electron chi connectivity index (χ3n) is 4.54. The van der Waals surface area contributed by atoms with E-state index in [-0.39, 0.29) is 5.91 Å². The summed E-state index contributed by atoms with van der Waals surface area (Å²) in [6.45, 7) is 3.45. The molecule has 0 saturated carbocycles. The number of carbonyl (C=O) groups is 1. The van der Waals surface area contributed by atoms with E-state index in [1.165, 1.54) is 0 Å². The zero-order valence-corrected chi connectivity index (χ0v) is 14.5. The fourth-order valence-corrected chi connectivity index (χ4v) is 3.39. The van der Waals surface area contributed by atoms with Gasteiger partial charge in [-0.1, -0.05) is 0 Å². The van der Waals surface area contributed by atoms with Gasteiger partial charge in [0.05, 0.1) is 17.0 Å². The summed E-state index contributed by atoms with van der Waals surface area (Å²) in [4.78, 5) is 23.5. The highest BCUT2D eigenvalue weighted by atomic mass is 16.2. The van der Waals surface area contributed by atoms with Crippen LogP contribution in [-0.2, 0) is 13.5 Å². The first-order valence-corrected chi connectivity index (χ1v) is 8.35. The molecule has 2 aromatic rings. The van der Waals surface area contributed by atoms with Crippen molar-refractivity contribution < 1.29 is 4.79 Å². The number of anilines is 1. The van der Waals surface area contributed by atoms with E-state index in [0.717, 1.165) is 49.6 Å². The third-order valence-corrected chi connectivity index (χ3v) is 4.54. The van der Waals surface area contributed by atoms with Crippen LogP contribution < -0.4 is 5.32 Å². The zero-order valence-electron chi connectivity index (χ0n) is 14.5. The Hall–Kier alpha value is -2.44. The van der Waals surface area contributed by atoms with Gasteiger partial charge in [0.25, 0.3) is 5.91 Å². The zero-order chi connectivity index (χ0) is 17.1. The van der Waals surface area contributed by atoms with Gasteiger partial charge in [-0.05, 0) is 32.1 Å². The van der Waals surface area contributed by atoms with E-state index < -0.39 is 0 Å². The smallest absolute Gasteiger partial charge is 0.257 e. The molecule has 1 saturated heterocycles. The fraction of sp³-hybridized carbons (Fsp3) is 0.529. The minimum atomic E-state index is 0.0817. The normalized spacial score (nSPS) is 17.8. The summed E-state index contributed by atoms with van der Waals surface area (Å²) in [6.07, 6.45) is 8.18. The van der Waals surface area contributed by atoms with Gasteiger partial charge in [-0.3, -0.25) is 14.5 Å². The topological polar surface area (TPSA) is 75.9 Å². The second-order valence-corrected chi connectivity index (χ2v) is 6.37. The SMILES string of the molecule is CNc1nccnc1C[C@H]1CCCN(C(=O)c2cn(C)nc2C)C1. The van der Waals surface area contributed by atoms with Crippen LogP contribution in [0.2, 0.25) is 0 Å². The van der Waals surface area contributed by atoms with Crippen LogP contribution in [0.25, 0.3) is 0 Å². The lowest BCUT2D eigenvalue weighted by atomic mass is 9.92. The average molecular weight is 328 g/mol. The summed E-state index contributed by atoms with van der Waals surface area (Å²) in [6, 6.07) is 0. The molecule has 0 aromatic carbocycles. The lowest BCUT2D eigenvalue weighted by molar-refractivity contribution is 0.0672. The molecule has 1 aliphatic heterocycles. The van der Waals surface area contributed by atoms with Crippen molar-refractivity contribution in [3.05, 3.63) is 35.5 Å². The Labute approximate surface area is 142 Å². The molecule has 1 atom stereocenters. The number of nitrogens with zero attached hydrogens (tertiary/aromatic N) is 5. The van der Waals surface area contributed by atoms with Gasteiger partial charge in [0.2, 0.25) is 0 Å². The molecule has 24 heavy (non-hydrogen) atoms. The number of amides is 1. The summed E-state index contributed by atoms with van der Waals surface area (Å²) in [7, 11) is 3.70. The highest BCUT2D eigenvalue weighted by molar-refractivity contribution is 5.95. The summed E-state index contributed by atoms with van der Waals surface area (Å²) >= 11 is 0. The van der Waals surface area contributed by atoms with Gasteiger partial charge >= 0.3 is 0 Å². The highest BCUT2D eigenvalue weighted by Gasteiger charge is 2.27. The molecule has 0 unspecified atom stereocenters. The van der Waals surface area contributed by atoms with Crippen molar-refractivity contribution in [2.24, 2.45) is 13.0 Å². The molecule has 7 heteroatoms. The van der Waals surface area contributed by atoms with Crippen LogP contribution in [0.1, 0.15) is 34.6 Å². The summed E-state index contributed by atoms with van der Waals surface area (Å²) in [5, 5.41) is 7.37. The van der Waals surface area contributed by atoms with Crippen LogP contribution in [0.15, 0.2) is 18.6 Å². The monoisotopic (exact) mass is 328 g/mol. The van der Waals surface area contributed by atoms with Crippen LogP contribution in [-0.4, -0.2) is 50.7 Å². The van der Waals surface area contributed by atoms with E-state index in [1.54, 1.807) is 17.1 Å². The Bertz CT molecular complexity index is 726.